The lowest BCUT2D eigenvalue weighted by molar-refractivity contribution is 0.0967. The second kappa shape index (κ2) is 7.99. The third-order valence-corrected chi connectivity index (χ3v) is 5.26. The molecule has 0 unspecified atom stereocenters. The predicted molar refractivity (Wildman–Crippen MR) is 102 cm³/mol. The lowest BCUT2D eigenvalue weighted by Gasteiger charge is -2.05. The summed E-state index contributed by atoms with van der Waals surface area (Å²) in [7, 11) is -2.54. The maximum absolute atomic E-state index is 13.0. The number of halogens is 2. The number of carbonyl (C=O) groups excluding carboxylic acids is 2. The van der Waals surface area contributed by atoms with E-state index in [4.69, 9.17) is 11.6 Å². The number of carbonyl (C=O) groups is 2. The molecular formula is C16H11ClFN3O4S2. The standard InChI is InChI=1S/C16H11ClFN3O4S2/c17-11-6-9(18)2-3-10(11)14(22)20-15(23)21-16-19-12-4-1-8(7-27(24)25)5-13(12)26-16/h1-6,27H,7H2,(H2,19,20,21,22,23). The monoisotopic (exact) mass is 427 g/mol. The maximum atomic E-state index is 13.0. The van der Waals surface area contributed by atoms with Crippen LogP contribution in [0.2, 0.25) is 5.02 Å². The van der Waals surface area contributed by atoms with Gasteiger partial charge in [-0.3, -0.25) is 15.4 Å². The number of hydrogen-bond acceptors (Lipinski definition) is 6. The highest BCUT2D eigenvalue weighted by Gasteiger charge is 2.15. The Morgan fingerprint density at radius 2 is 1.96 bits per heavy atom. The van der Waals surface area contributed by atoms with E-state index in [9.17, 15) is 22.4 Å². The van der Waals surface area contributed by atoms with E-state index in [-0.39, 0.29) is 21.5 Å². The van der Waals surface area contributed by atoms with Gasteiger partial charge in [0.25, 0.3) is 5.91 Å². The molecule has 3 aromatic rings. The first-order valence-corrected chi connectivity index (χ1v) is 9.96. The van der Waals surface area contributed by atoms with Crippen LogP contribution in [0.1, 0.15) is 15.9 Å². The van der Waals surface area contributed by atoms with Gasteiger partial charge in [0.15, 0.2) is 5.13 Å². The van der Waals surface area contributed by atoms with Crippen LogP contribution in [0, 0.1) is 5.82 Å². The van der Waals surface area contributed by atoms with Crippen molar-refractivity contribution >= 4 is 60.9 Å². The van der Waals surface area contributed by atoms with Crippen LogP contribution >= 0.6 is 22.9 Å². The van der Waals surface area contributed by atoms with Crippen molar-refractivity contribution < 1.29 is 22.4 Å². The van der Waals surface area contributed by atoms with Crippen LogP contribution in [-0.2, 0) is 16.5 Å². The molecular weight excluding hydrogens is 417 g/mol. The van der Waals surface area contributed by atoms with Gasteiger partial charge in [-0.25, -0.2) is 22.6 Å². The molecule has 2 aromatic carbocycles. The van der Waals surface area contributed by atoms with E-state index in [1.54, 1.807) is 18.2 Å². The number of benzene rings is 2. The zero-order valence-electron chi connectivity index (χ0n) is 13.4. The number of fused-ring (bicyclic) bond motifs is 1. The highest BCUT2D eigenvalue weighted by atomic mass is 35.5. The molecule has 0 fully saturated rings. The van der Waals surface area contributed by atoms with Crippen molar-refractivity contribution in [2.45, 2.75) is 5.75 Å². The van der Waals surface area contributed by atoms with Crippen LogP contribution in [0.15, 0.2) is 36.4 Å². The van der Waals surface area contributed by atoms with Crippen LogP contribution in [-0.4, -0.2) is 25.3 Å². The minimum absolute atomic E-state index is 0.0473. The molecule has 27 heavy (non-hydrogen) atoms. The van der Waals surface area contributed by atoms with Crippen LogP contribution in [0.5, 0.6) is 0 Å². The molecule has 0 aliphatic rings. The third-order valence-electron chi connectivity index (χ3n) is 3.39. The molecule has 140 valence electrons. The van der Waals surface area contributed by atoms with Crippen molar-refractivity contribution in [2.75, 3.05) is 5.32 Å². The Morgan fingerprint density at radius 3 is 2.67 bits per heavy atom. The molecule has 11 heteroatoms. The van der Waals surface area contributed by atoms with Crippen molar-refractivity contribution in [3.63, 3.8) is 0 Å². The number of thiol groups is 1. The van der Waals surface area contributed by atoms with Gasteiger partial charge in [0.2, 0.25) is 0 Å². The smallest absolute Gasteiger partial charge is 0.283 e. The fraction of sp³-hybridized carbons (Fsp3) is 0.0625. The molecule has 3 rings (SSSR count). The first-order valence-electron chi connectivity index (χ1n) is 7.40. The number of imide groups is 1. The third kappa shape index (κ3) is 4.79. The zero-order valence-corrected chi connectivity index (χ0v) is 15.8. The van der Waals surface area contributed by atoms with Crippen molar-refractivity contribution in [2.24, 2.45) is 0 Å². The fourth-order valence-corrected chi connectivity index (χ4v) is 3.91. The largest absolute Gasteiger partial charge is 0.327 e. The highest BCUT2D eigenvalue weighted by Crippen LogP contribution is 2.27. The van der Waals surface area contributed by atoms with E-state index >= 15 is 0 Å². The van der Waals surface area contributed by atoms with E-state index in [0.29, 0.717) is 15.8 Å². The van der Waals surface area contributed by atoms with Gasteiger partial charge < -0.3 is 0 Å². The van der Waals surface area contributed by atoms with Crippen molar-refractivity contribution in [1.82, 2.24) is 10.3 Å². The number of rotatable bonds is 4. The number of urea groups is 1. The minimum atomic E-state index is -2.54. The summed E-state index contributed by atoms with van der Waals surface area (Å²) in [6.45, 7) is 0. The Balaban J connectivity index is 1.70. The summed E-state index contributed by atoms with van der Waals surface area (Å²) in [5.74, 6) is -1.48. The number of hydrogen-bond donors (Lipinski definition) is 3. The molecule has 0 aliphatic carbocycles. The number of amides is 3. The van der Waals surface area contributed by atoms with E-state index in [1.165, 1.54) is 6.07 Å². The highest BCUT2D eigenvalue weighted by molar-refractivity contribution is 7.71. The number of aromatic nitrogens is 1. The van der Waals surface area contributed by atoms with Gasteiger partial charge in [0, 0.05) is 0 Å². The Bertz CT molecular complexity index is 1120. The van der Waals surface area contributed by atoms with Crippen LogP contribution in [0.25, 0.3) is 10.2 Å². The van der Waals surface area contributed by atoms with Gasteiger partial charge in [0.05, 0.1) is 26.6 Å². The van der Waals surface area contributed by atoms with Gasteiger partial charge in [-0.1, -0.05) is 29.0 Å². The molecule has 1 heterocycles. The topological polar surface area (TPSA) is 105 Å². The average Bonchev–Trinajstić information content (AvgIpc) is 2.95. The molecule has 0 saturated heterocycles. The van der Waals surface area contributed by atoms with Gasteiger partial charge in [-0.2, -0.15) is 0 Å². The van der Waals surface area contributed by atoms with Crippen LogP contribution in [0.3, 0.4) is 0 Å². The number of nitrogens with zero attached hydrogens (tertiary/aromatic N) is 1. The molecule has 0 bridgehead atoms. The SMILES string of the molecule is O=C(NC(=O)c1ccc(F)cc1Cl)Nc1nc2ccc(C[SH](=O)=O)cc2s1. The number of thiazole rings is 1. The maximum Gasteiger partial charge on any atom is 0.327 e. The molecule has 0 aliphatic heterocycles. The zero-order chi connectivity index (χ0) is 19.6. The van der Waals surface area contributed by atoms with E-state index in [2.05, 4.69) is 15.6 Å². The molecule has 0 saturated carbocycles. The predicted octanol–water partition coefficient (Wildman–Crippen LogP) is 3.16. The second-order valence-corrected chi connectivity index (χ2v) is 7.76. The summed E-state index contributed by atoms with van der Waals surface area (Å²) in [5, 5.41) is 4.61. The summed E-state index contributed by atoms with van der Waals surface area (Å²) in [6.07, 6.45) is 0. The minimum Gasteiger partial charge on any atom is -0.283 e. The first-order chi connectivity index (χ1) is 12.8. The molecule has 0 spiro atoms. The van der Waals surface area contributed by atoms with E-state index < -0.39 is 28.5 Å². The van der Waals surface area contributed by atoms with Gasteiger partial charge in [-0.15, -0.1) is 0 Å². The molecule has 7 nitrogen and oxygen atoms in total. The van der Waals surface area contributed by atoms with Crippen LogP contribution < -0.4 is 10.6 Å². The summed E-state index contributed by atoms with van der Waals surface area (Å²) < 4.78 is 35.3. The van der Waals surface area contributed by atoms with Crippen molar-refractivity contribution in [1.29, 1.82) is 0 Å². The summed E-state index contributed by atoms with van der Waals surface area (Å²) in [6, 6.07) is 7.31. The van der Waals surface area contributed by atoms with Crippen molar-refractivity contribution in [3.8, 4) is 0 Å². The van der Waals surface area contributed by atoms with E-state index in [1.807, 2.05) is 0 Å². The second-order valence-electron chi connectivity index (χ2n) is 5.34. The molecule has 0 radical (unpaired) electrons. The van der Waals surface area contributed by atoms with E-state index in [0.717, 1.165) is 23.5 Å². The number of nitrogens with one attached hydrogen (secondary N) is 2. The van der Waals surface area contributed by atoms with Crippen LogP contribution in [0.4, 0.5) is 14.3 Å². The van der Waals surface area contributed by atoms with Gasteiger partial charge >= 0.3 is 6.03 Å². The molecule has 3 amide bonds. The van der Waals surface area contributed by atoms with Gasteiger partial charge in [-0.05, 0) is 35.9 Å². The fourth-order valence-electron chi connectivity index (χ4n) is 2.24. The Hall–Kier alpha value is -2.56. The average molecular weight is 428 g/mol. The molecule has 0 atom stereocenters. The first kappa shape index (κ1) is 19.2. The Labute approximate surface area is 163 Å². The van der Waals surface area contributed by atoms with Crippen molar-refractivity contribution in [3.05, 3.63) is 58.4 Å². The quantitative estimate of drug-likeness (QED) is 0.555. The summed E-state index contributed by atoms with van der Waals surface area (Å²) >= 11 is 6.91. The molecule has 2 N–H and O–H groups in total. The normalized spacial score (nSPS) is 10.9. The summed E-state index contributed by atoms with van der Waals surface area (Å²) in [5.41, 5.74) is 1.14. The Kier molecular flexibility index (Phi) is 5.68. The van der Waals surface area contributed by atoms with Gasteiger partial charge in [0.1, 0.15) is 16.5 Å². The lowest BCUT2D eigenvalue weighted by Crippen LogP contribution is -2.34. The Morgan fingerprint density at radius 1 is 1.19 bits per heavy atom. The molecule has 1 aromatic heterocycles. The number of anilines is 1. The summed E-state index contributed by atoms with van der Waals surface area (Å²) in [4.78, 5) is 28.2. The lowest BCUT2D eigenvalue weighted by atomic mass is 10.2.